The molecule has 0 atom stereocenters. The predicted molar refractivity (Wildman–Crippen MR) is 85.8 cm³/mol. The number of ketones is 1. The van der Waals surface area contributed by atoms with Gasteiger partial charge in [0, 0.05) is 25.7 Å². The Bertz CT molecular complexity index is 855. The van der Waals surface area contributed by atoms with Crippen LogP contribution in [0.5, 0.6) is 0 Å². The number of aromatic nitrogens is 2. The average molecular weight is 333 g/mol. The summed E-state index contributed by atoms with van der Waals surface area (Å²) in [7, 11) is -1.93. The SMILES string of the molecule is CC(=O)c1ccc2c(c1)CCN(S(=O)(=O)c1ccnn1C)CC2. The lowest BCUT2D eigenvalue weighted by Crippen LogP contribution is -2.34. The van der Waals surface area contributed by atoms with Crippen LogP contribution in [0.4, 0.5) is 0 Å². The van der Waals surface area contributed by atoms with Crippen molar-refractivity contribution in [2.45, 2.75) is 24.8 Å². The van der Waals surface area contributed by atoms with Gasteiger partial charge in [0.25, 0.3) is 10.0 Å². The van der Waals surface area contributed by atoms with Crippen molar-refractivity contribution in [3.05, 3.63) is 47.2 Å². The third-order valence-electron chi connectivity index (χ3n) is 4.25. The Morgan fingerprint density at radius 3 is 2.43 bits per heavy atom. The van der Waals surface area contributed by atoms with Gasteiger partial charge in [-0.3, -0.25) is 9.48 Å². The number of carbonyl (C=O) groups is 1. The lowest BCUT2D eigenvalue weighted by atomic mass is 9.99. The molecule has 0 unspecified atom stereocenters. The number of Topliss-reactive ketones (excluding diaryl/α,β-unsaturated/α-hetero) is 1. The van der Waals surface area contributed by atoms with Crippen LogP contribution in [0.1, 0.15) is 28.4 Å². The van der Waals surface area contributed by atoms with Gasteiger partial charge in [0.1, 0.15) is 0 Å². The molecule has 0 N–H and O–H groups in total. The number of hydrogen-bond acceptors (Lipinski definition) is 4. The highest BCUT2D eigenvalue weighted by Crippen LogP contribution is 2.22. The fourth-order valence-electron chi connectivity index (χ4n) is 2.91. The monoisotopic (exact) mass is 333 g/mol. The Balaban J connectivity index is 1.88. The topological polar surface area (TPSA) is 72.3 Å². The van der Waals surface area contributed by atoms with Gasteiger partial charge in [-0.1, -0.05) is 12.1 Å². The molecule has 1 aliphatic rings. The van der Waals surface area contributed by atoms with Crippen LogP contribution in [0, 0.1) is 0 Å². The van der Waals surface area contributed by atoms with E-state index in [4.69, 9.17) is 0 Å². The number of nitrogens with zero attached hydrogens (tertiary/aromatic N) is 3. The molecule has 1 aromatic carbocycles. The zero-order chi connectivity index (χ0) is 16.6. The second-order valence-corrected chi connectivity index (χ2v) is 7.62. The lowest BCUT2D eigenvalue weighted by Gasteiger charge is -2.19. The maximum Gasteiger partial charge on any atom is 0.260 e. The summed E-state index contributed by atoms with van der Waals surface area (Å²) < 4.78 is 28.4. The van der Waals surface area contributed by atoms with Crippen molar-refractivity contribution >= 4 is 15.8 Å². The zero-order valence-electron chi connectivity index (χ0n) is 13.2. The Hall–Kier alpha value is -1.99. The number of aryl methyl sites for hydroxylation is 1. The van der Waals surface area contributed by atoms with Crippen molar-refractivity contribution in [2.24, 2.45) is 7.05 Å². The fraction of sp³-hybridized carbons (Fsp3) is 0.375. The van der Waals surface area contributed by atoms with E-state index in [0.717, 1.165) is 11.1 Å². The summed E-state index contributed by atoms with van der Waals surface area (Å²) in [6.45, 7) is 2.37. The third-order valence-corrected chi connectivity index (χ3v) is 6.23. The van der Waals surface area contributed by atoms with Crippen molar-refractivity contribution in [3.8, 4) is 0 Å². The second-order valence-electron chi connectivity index (χ2n) is 5.74. The minimum atomic E-state index is -3.55. The lowest BCUT2D eigenvalue weighted by molar-refractivity contribution is 0.101. The van der Waals surface area contributed by atoms with Gasteiger partial charge in [-0.25, -0.2) is 8.42 Å². The fourth-order valence-corrected chi connectivity index (χ4v) is 4.45. The third kappa shape index (κ3) is 2.94. The van der Waals surface area contributed by atoms with Gasteiger partial charge in [0.2, 0.25) is 0 Å². The van der Waals surface area contributed by atoms with E-state index < -0.39 is 10.0 Å². The second kappa shape index (κ2) is 5.90. The summed E-state index contributed by atoms with van der Waals surface area (Å²) >= 11 is 0. The van der Waals surface area contributed by atoms with E-state index in [-0.39, 0.29) is 10.8 Å². The first kappa shape index (κ1) is 15.9. The molecule has 0 saturated carbocycles. The summed E-state index contributed by atoms with van der Waals surface area (Å²) in [5.41, 5.74) is 2.84. The normalized spacial score (nSPS) is 15.9. The van der Waals surface area contributed by atoms with Crippen molar-refractivity contribution in [1.29, 1.82) is 0 Å². The molecule has 1 aliphatic heterocycles. The Morgan fingerprint density at radius 2 is 1.83 bits per heavy atom. The number of carbonyl (C=O) groups excluding carboxylic acids is 1. The molecular formula is C16H19N3O3S. The molecule has 0 bridgehead atoms. The highest BCUT2D eigenvalue weighted by Gasteiger charge is 2.28. The van der Waals surface area contributed by atoms with Crippen LogP contribution in [-0.2, 0) is 29.9 Å². The molecule has 0 fully saturated rings. The van der Waals surface area contributed by atoms with Gasteiger partial charge >= 0.3 is 0 Å². The van der Waals surface area contributed by atoms with E-state index in [0.29, 0.717) is 31.5 Å². The predicted octanol–water partition coefficient (Wildman–Crippen LogP) is 1.41. The first-order chi connectivity index (χ1) is 10.9. The van der Waals surface area contributed by atoms with Crippen LogP contribution in [0.15, 0.2) is 35.5 Å². The first-order valence-corrected chi connectivity index (χ1v) is 8.94. The summed E-state index contributed by atoms with van der Waals surface area (Å²) in [5, 5.41) is 4.15. The first-order valence-electron chi connectivity index (χ1n) is 7.50. The molecule has 0 aliphatic carbocycles. The number of sulfonamides is 1. The van der Waals surface area contributed by atoms with E-state index in [1.807, 2.05) is 18.2 Å². The number of hydrogen-bond donors (Lipinski definition) is 0. The molecule has 6 nitrogen and oxygen atoms in total. The number of fused-ring (bicyclic) bond motifs is 1. The van der Waals surface area contributed by atoms with Crippen molar-refractivity contribution in [1.82, 2.24) is 14.1 Å². The molecule has 0 saturated heterocycles. The van der Waals surface area contributed by atoms with Crippen LogP contribution in [0.3, 0.4) is 0 Å². The molecule has 2 aromatic rings. The maximum atomic E-state index is 12.8. The van der Waals surface area contributed by atoms with Crippen molar-refractivity contribution in [2.75, 3.05) is 13.1 Å². The molecule has 0 radical (unpaired) electrons. The van der Waals surface area contributed by atoms with Gasteiger partial charge in [-0.05, 0) is 43.0 Å². The van der Waals surface area contributed by atoms with Gasteiger partial charge in [0.05, 0.1) is 6.20 Å². The molecule has 7 heteroatoms. The summed E-state index contributed by atoms with van der Waals surface area (Å²) in [6, 6.07) is 7.15. The van der Waals surface area contributed by atoms with Crippen LogP contribution in [-0.4, -0.2) is 41.4 Å². The smallest absolute Gasteiger partial charge is 0.260 e. The molecule has 1 aromatic heterocycles. The van der Waals surface area contributed by atoms with E-state index in [9.17, 15) is 13.2 Å². The minimum Gasteiger partial charge on any atom is -0.295 e. The van der Waals surface area contributed by atoms with Crippen molar-refractivity contribution < 1.29 is 13.2 Å². The summed E-state index contributed by atoms with van der Waals surface area (Å²) in [6.07, 6.45) is 2.73. The van der Waals surface area contributed by atoms with Gasteiger partial charge in [-0.2, -0.15) is 9.40 Å². The Labute approximate surface area is 135 Å². The molecule has 23 heavy (non-hydrogen) atoms. The number of benzene rings is 1. The van der Waals surface area contributed by atoms with Crippen LogP contribution >= 0.6 is 0 Å². The van der Waals surface area contributed by atoms with E-state index in [1.54, 1.807) is 7.05 Å². The summed E-state index contributed by atoms with van der Waals surface area (Å²) in [4.78, 5) is 11.5. The molecule has 122 valence electrons. The molecule has 3 rings (SSSR count). The Kier molecular flexibility index (Phi) is 4.08. The Morgan fingerprint density at radius 1 is 1.13 bits per heavy atom. The molecule has 0 amide bonds. The van der Waals surface area contributed by atoms with Crippen LogP contribution in [0.2, 0.25) is 0 Å². The highest BCUT2D eigenvalue weighted by molar-refractivity contribution is 7.89. The van der Waals surface area contributed by atoms with E-state index in [1.165, 1.54) is 28.2 Å². The molecular weight excluding hydrogens is 314 g/mol. The minimum absolute atomic E-state index is 0.0245. The number of rotatable bonds is 3. The molecule has 0 spiro atoms. The highest BCUT2D eigenvalue weighted by atomic mass is 32.2. The zero-order valence-corrected chi connectivity index (χ0v) is 14.0. The largest absolute Gasteiger partial charge is 0.295 e. The van der Waals surface area contributed by atoms with Gasteiger partial charge in [-0.15, -0.1) is 0 Å². The van der Waals surface area contributed by atoms with Crippen LogP contribution < -0.4 is 0 Å². The average Bonchev–Trinajstić information content (AvgIpc) is 2.82. The quantitative estimate of drug-likeness (QED) is 0.796. The van der Waals surface area contributed by atoms with Crippen LogP contribution in [0.25, 0.3) is 0 Å². The maximum absolute atomic E-state index is 12.8. The molecule has 2 heterocycles. The van der Waals surface area contributed by atoms with E-state index in [2.05, 4.69) is 5.10 Å². The van der Waals surface area contributed by atoms with Crippen molar-refractivity contribution in [3.63, 3.8) is 0 Å². The standard InChI is InChI=1S/C16H19N3O3S/c1-12(20)14-4-3-13-6-9-19(10-7-15(13)11-14)23(21,22)16-5-8-17-18(16)2/h3-5,8,11H,6-7,9-10H2,1-2H3. The van der Waals surface area contributed by atoms with E-state index >= 15 is 0 Å². The van der Waals surface area contributed by atoms with Gasteiger partial charge in [0.15, 0.2) is 10.8 Å². The van der Waals surface area contributed by atoms with Gasteiger partial charge < -0.3 is 0 Å². The summed E-state index contributed by atoms with van der Waals surface area (Å²) in [5.74, 6) is 0.0245.